The lowest BCUT2D eigenvalue weighted by Crippen LogP contribution is -2.28. The first-order valence-electron chi connectivity index (χ1n) is 9.19. The van der Waals surface area contributed by atoms with E-state index in [2.05, 4.69) is 12.2 Å². The first-order valence-corrected chi connectivity index (χ1v) is 10.2. The summed E-state index contributed by atoms with van der Waals surface area (Å²) in [5, 5.41) is 4.11. The van der Waals surface area contributed by atoms with Crippen LogP contribution < -0.4 is 10.9 Å². The number of hydrogen-bond donors (Lipinski definition) is 1. The van der Waals surface area contributed by atoms with Crippen molar-refractivity contribution in [3.05, 3.63) is 64.4 Å². The smallest absolute Gasteiger partial charge is 0.266 e. The minimum atomic E-state index is -0.105. The van der Waals surface area contributed by atoms with E-state index in [0.29, 0.717) is 22.1 Å². The lowest BCUT2D eigenvalue weighted by molar-refractivity contribution is -0.118. The Morgan fingerprint density at radius 1 is 1.19 bits per heavy atom. The largest absolute Gasteiger partial charge is 0.353 e. The first kappa shape index (κ1) is 17.8. The number of amides is 1. The van der Waals surface area contributed by atoms with E-state index in [9.17, 15) is 9.59 Å². The van der Waals surface area contributed by atoms with Crippen molar-refractivity contribution in [3.8, 4) is 5.69 Å². The van der Waals surface area contributed by atoms with E-state index in [1.54, 1.807) is 10.6 Å². The van der Waals surface area contributed by atoms with E-state index in [1.165, 1.54) is 11.8 Å². The van der Waals surface area contributed by atoms with E-state index < -0.39 is 0 Å². The molecule has 1 aromatic heterocycles. The van der Waals surface area contributed by atoms with Gasteiger partial charge in [0.25, 0.3) is 5.56 Å². The Hall–Kier alpha value is -2.60. The van der Waals surface area contributed by atoms with Gasteiger partial charge in [-0.25, -0.2) is 4.98 Å². The van der Waals surface area contributed by atoms with Gasteiger partial charge >= 0.3 is 0 Å². The summed E-state index contributed by atoms with van der Waals surface area (Å²) in [5.74, 6) is 0.232. The number of hydrogen-bond acceptors (Lipinski definition) is 4. The summed E-state index contributed by atoms with van der Waals surface area (Å²) >= 11 is 1.31. The van der Waals surface area contributed by atoms with Gasteiger partial charge < -0.3 is 5.32 Å². The molecule has 0 unspecified atom stereocenters. The fourth-order valence-electron chi connectivity index (χ4n) is 3.08. The van der Waals surface area contributed by atoms with Crippen LogP contribution in [-0.4, -0.2) is 27.3 Å². The molecule has 0 spiro atoms. The predicted molar refractivity (Wildman–Crippen MR) is 109 cm³/mol. The van der Waals surface area contributed by atoms with E-state index in [-0.39, 0.29) is 17.2 Å². The third kappa shape index (κ3) is 3.76. The lowest BCUT2D eigenvalue weighted by atomic mass is 10.1. The lowest BCUT2D eigenvalue weighted by Gasteiger charge is -2.16. The molecule has 6 heteroatoms. The zero-order chi connectivity index (χ0) is 18.8. The highest BCUT2D eigenvalue weighted by atomic mass is 32.2. The fourth-order valence-corrected chi connectivity index (χ4v) is 3.89. The van der Waals surface area contributed by atoms with Crippen molar-refractivity contribution in [1.29, 1.82) is 0 Å². The molecule has 0 aliphatic heterocycles. The van der Waals surface area contributed by atoms with Crippen LogP contribution in [0.2, 0.25) is 0 Å². The van der Waals surface area contributed by atoms with Crippen LogP contribution >= 0.6 is 11.8 Å². The van der Waals surface area contributed by atoms with Crippen LogP contribution in [0.25, 0.3) is 16.6 Å². The number of rotatable bonds is 6. The molecule has 4 rings (SSSR count). The molecule has 0 radical (unpaired) electrons. The fraction of sp³-hybridized carbons (Fsp3) is 0.286. The number of aryl methyl sites for hydroxylation is 1. The van der Waals surface area contributed by atoms with Crippen LogP contribution in [0.15, 0.2) is 58.5 Å². The number of benzene rings is 2. The van der Waals surface area contributed by atoms with Crippen molar-refractivity contribution in [1.82, 2.24) is 14.9 Å². The summed E-state index contributed by atoms with van der Waals surface area (Å²) < 4.78 is 1.65. The summed E-state index contributed by atoms with van der Waals surface area (Å²) in [5.41, 5.74) is 2.44. The molecule has 0 saturated heterocycles. The molecule has 3 aromatic rings. The van der Waals surface area contributed by atoms with Crippen molar-refractivity contribution in [2.75, 3.05) is 5.75 Å². The molecule has 1 aliphatic carbocycles. The molecule has 5 nitrogen and oxygen atoms in total. The van der Waals surface area contributed by atoms with Gasteiger partial charge in [-0.1, -0.05) is 49.0 Å². The van der Waals surface area contributed by atoms with E-state index in [1.807, 2.05) is 42.5 Å². The first-order chi connectivity index (χ1) is 13.2. The zero-order valence-corrected chi connectivity index (χ0v) is 16.0. The van der Waals surface area contributed by atoms with Crippen LogP contribution in [0.3, 0.4) is 0 Å². The predicted octanol–water partition coefficient (Wildman–Crippen LogP) is 3.32. The summed E-state index contributed by atoms with van der Waals surface area (Å²) in [6.45, 7) is 2.06. The molecular formula is C21H21N3O2S. The highest BCUT2D eigenvalue weighted by Gasteiger charge is 2.23. The maximum atomic E-state index is 13.3. The Morgan fingerprint density at radius 2 is 1.93 bits per heavy atom. The van der Waals surface area contributed by atoms with Gasteiger partial charge in [-0.2, -0.15) is 0 Å². The summed E-state index contributed by atoms with van der Waals surface area (Å²) in [4.78, 5) is 30.1. The standard InChI is InChI=1S/C21H21N3O2S/c1-2-14-7-3-6-10-18(14)24-20(26)16-8-4-5-9-17(16)23-21(24)27-13-19(25)22-15-11-12-15/h3-10,15H,2,11-13H2,1H3,(H,22,25). The summed E-state index contributed by atoms with van der Waals surface area (Å²) in [6.07, 6.45) is 2.92. The zero-order valence-electron chi connectivity index (χ0n) is 15.1. The average Bonchev–Trinajstić information content (AvgIpc) is 3.50. The van der Waals surface area contributed by atoms with Crippen LogP contribution in [0.1, 0.15) is 25.3 Å². The van der Waals surface area contributed by atoms with Crippen molar-refractivity contribution in [2.45, 2.75) is 37.4 Å². The average molecular weight is 379 g/mol. The molecule has 0 bridgehead atoms. The van der Waals surface area contributed by atoms with E-state index in [0.717, 1.165) is 30.5 Å². The number of nitrogens with zero attached hydrogens (tertiary/aromatic N) is 2. The van der Waals surface area contributed by atoms with Crippen LogP contribution in [0.4, 0.5) is 0 Å². The summed E-state index contributed by atoms with van der Waals surface area (Å²) in [6, 6.07) is 15.5. The molecule has 1 aliphatic rings. The molecule has 1 heterocycles. The van der Waals surface area contributed by atoms with Gasteiger partial charge in [0.15, 0.2) is 5.16 Å². The maximum Gasteiger partial charge on any atom is 0.266 e. The number of aromatic nitrogens is 2. The minimum absolute atomic E-state index is 0.0137. The van der Waals surface area contributed by atoms with Crippen molar-refractivity contribution >= 4 is 28.6 Å². The molecule has 1 fully saturated rings. The Morgan fingerprint density at radius 3 is 2.70 bits per heavy atom. The highest BCUT2D eigenvalue weighted by Crippen LogP contribution is 2.24. The van der Waals surface area contributed by atoms with Gasteiger partial charge in [0.2, 0.25) is 5.91 Å². The molecule has 0 atom stereocenters. The molecular weight excluding hydrogens is 358 g/mol. The monoisotopic (exact) mass is 379 g/mol. The molecule has 27 heavy (non-hydrogen) atoms. The third-order valence-electron chi connectivity index (χ3n) is 4.63. The number of thioether (sulfide) groups is 1. The van der Waals surface area contributed by atoms with Crippen LogP contribution in [-0.2, 0) is 11.2 Å². The quantitative estimate of drug-likeness (QED) is 0.527. The Balaban J connectivity index is 1.80. The topological polar surface area (TPSA) is 64.0 Å². The number of carbonyl (C=O) groups is 1. The van der Waals surface area contributed by atoms with Gasteiger partial charge in [0, 0.05) is 6.04 Å². The maximum absolute atomic E-state index is 13.3. The van der Waals surface area contributed by atoms with Gasteiger partial charge in [-0.05, 0) is 43.0 Å². The second-order valence-electron chi connectivity index (χ2n) is 6.66. The van der Waals surface area contributed by atoms with E-state index >= 15 is 0 Å². The molecule has 1 saturated carbocycles. The molecule has 1 N–H and O–H groups in total. The van der Waals surface area contributed by atoms with Crippen LogP contribution in [0, 0.1) is 0 Å². The number of carbonyl (C=O) groups excluding carboxylic acids is 1. The second kappa shape index (κ2) is 7.56. The molecule has 2 aromatic carbocycles. The Labute approximate surface area is 161 Å². The third-order valence-corrected chi connectivity index (χ3v) is 5.57. The highest BCUT2D eigenvalue weighted by molar-refractivity contribution is 7.99. The number of para-hydroxylation sites is 2. The Bertz CT molecular complexity index is 1060. The minimum Gasteiger partial charge on any atom is -0.353 e. The van der Waals surface area contributed by atoms with E-state index in [4.69, 9.17) is 4.98 Å². The van der Waals surface area contributed by atoms with Crippen molar-refractivity contribution in [2.24, 2.45) is 0 Å². The Kier molecular flexibility index (Phi) is 4.99. The van der Waals surface area contributed by atoms with Gasteiger partial charge in [-0.15, -0.1) is 0 Å². The SMILES string of the molecule is CCc1ccccc1-n1c(SCC(=O)NC2CC2)nc2ccccc2c1=O. The van der Waals surface area contributed by atoms with Gasteiger partial charge in [-0.3, -0.25) is 14.2 Å². The molecule has 138 valence electrons. The molecule has 1 amide bonds. The van der Waals surface area contributed by atoms with Crippen molar-refractivity contribution < 1.29 is 4.79 Å². The summed E-state index contributed by atoms with van der Waals surface area (Å²) in [7, 11) is 0. The second-order valence-corrected chi connectivity index (χ2v) is 7.61. The number of fused-ring (bicyclic) bond motifs is 1. The van der Waals surface area contributed by atoms with Gasteiger partial charge in [0.05, 0.1) is 22.3 Å². The van der Waals surface area contributed by atoms with Crippen LogP contribution in [0.5, 0.6) is 0 Å². The normalized spacial score (nSPS) is 13.7. The van der Waals surface area contributed by atoms with Gasteiger partial charge in [0.1, 0.15) is 0 Å². The number of nitrogens with one attached hydrogen (secondary N) is 1. The van der Waals surface area contributed by atoms with Crippen molar-refractivity contribution in [3.63, 3.8) is 0 Å².